The van der Waals surface area contributed by atoms with Gasteiger partial charge in [0, 0.05) is 12.1 Å². The van der Waals surface area contributed by atoms with Crippen molar-refractivity contribution in [1.29, 1.82) is 0 Å². The van der Waals surface area contributed by atoms with Crippen LogP contribution >= 0.6 is 0 Å². The van der Waals surface area contributed by atoms with Crippen LogP contribution in [0.3, 0.4) is 0 Å². The van der Waals surface area contributed by atoms with E-state index in [9.17, 15) is 4.79 Å². The van der Waals surface area contributed by atoms with Gasteiger partial charge in [0.05, 0.1) is 5.69 Å². The number of carbonyl (C=O) groups is 1. The largest absolute Gasteiger partial charge is 0.482 e. The fourth-order valence-electron chi connectivity index (χ4n) is 2.03. The van der Waals surface area contributed by atoms with Crippen LogP contribution in [0, 0.1) is 0 Å². The quantitative estimate of drug-likeness (QED) is 0.743. The molecule has 1 aliphatic rings. The van der Waals surface area contributed by atoms with Crippen LogP contribution in [0.4, 0.5) is 5.69 Å². The van der Waals surface area contributed by atoms with Crippen molar-refractivity contribution in [2.24, 2.45) is 5.73 Å². The molecule has 98 valence electrons. The molecule has 1 aliphatic heterocycles. The summed E-state index contributed by atoms with van der Waals surface area (Å²) in [5.41, 5.74) is 7.27. The van der Waals surface area contributed by atoms with E-state index in [0.29, 0.717) is 24.3 Å². The smallest absolute Gasteiger partial charge is 0.262 e. The molecule has 0 radical (unpaired) electrons. The van der Waals surface area contributed by atoms with Gasteiger partial charge in [-0.15, -0.1) is 0 Å². The zero-order valence-corrected chi connectivity index (χ0v) is 10.4. The van der Waals surface area contributed by atoms with Crippen LogP contribution in [0.5, 0.6) is 5.75 Å². The highest BCUT2D eigenvalue weighted by Crippen LogP contribution is 2.33. The predicted molar refractivity (Wildman–Crippen MR) is 68.4 cm³/mol. The summed E-state index contributed by atoms with van der Waals surface area (Å²) in [6.07, 6.45) is 1.32. The fourth-order valence-corrected chi connectivity index (χ4v) is 2.03. The molecule has 0 spiro atoms. The van der Waals surface area contributed by atoms with E-state index in [1.807, 2.05) is 25.1 Å². The predicted octanol–water partition coefficient (Wildman–Crippen LogP) is 0.964. The first-order valence-corrected chi connectivity index (χ1v) is 6.00. The van der Waals surface area contributed by atoms with Crippen LogP contribution in [-0.4, -0.2) is 24.2 Å². The van der Waals surface area contributed by atoms with Gasteiger partial charge in [-0.3, -0.25) is 4.79 Å². The molecule has 0 aromatic heterocycles. The zero-order chi connectivity index (χ0) is 13.2. The molecule has 1 aromatic carbocycles. The second-order valence-electron chi connectivity index (χ2n) is 4.79. The lowest BCUT2D eigenvalue weighted by atomic mass is 9.88. The molecular formula is C13H18N2O3. The average Bonchev–Trinajstić information content (AvgIpc) is 2.35. The molecule has 1 unspecified atom stereocenters. The maximum atomic E-state index is 11.3. The molecule has 1 atom stereocenters. The first-order valence-electron chi connectivity index (χ1n) is 6.00. The summed E-state index contributed by atoms with van der Waals surface area (Å²) >= 11 is 0. The summed E-state index contributed by atoms with van der Waals surface area (Å²) in [6.45, 7) is 2.09. The molecule has 1 heterocycles. The van der Waals surface area contributed by atoms with E-state index in [4.69, 9.17) is 15.6 Å². The molecule has 0 fully saturated rings. The Bertz CT molecular complexity index is 458. The second kappa shape index (κ2) is 4.96. The lowest BCUT2D eigenvalue weighted by Gasteiger charge is -2.27. The van der Waals surface area contributed by atoms with Gasteiger partial charge >= 0.3 is 0 Å². The van der Waals surface area contributed by atoms with Gasteiger partial charge in [0.1, 0.15) is 5.75 Å². The molecule has 0 bridgehead atoms. The third-order valence-electron chi connectivity index (χ3n) is 3.13. The molecule has 0 saturated carbocycles. The Morgan fingerprint density at radius 2 is 2.33 bits per heavy atom. The summed E-state index contributed by atoms with van der Waals surface area (Å²) in [5, 5.41) is 11.6. The minimum absolute atomic E-state index is 0.0523. The van der Waals surface area contributed by atoms with E-state index in [2.05, 4.69) is 5.32 Å². The van der Waals surface area contributed by atoms with Gasteiger partial charge in [-0.05, 0) is 37.5 Å². The maximum Gasteiger partial charge on any atom is 0.262 e. The zero-order valence-electron chi connectivity index (χ0n) is 10.4. The topological polar surface area (TPSA) is 84.6 Å². The van der Waals surface area contributed by atoms with Crippen LogP contribution in [0.15, 0.2) is 18.2 Å². The summed E-state index contributed by atoms with van der Waals surface area (Å²) in [6, 6.07) is 5.55. The monoisotopic (exact) mass is 250 g/mol. The van der Waals surface area contributed by atoms with Crippen molar-refractivity contribution in [1.82, 2.24) is 0 Å². The number of aliphatic hydroxyl groups excluding tert-OH is 1. The Labute approximate surface area is 106 Å². The van der Waals surface area contributed by atoms with Crippen LogP contribution in [-0.2, 0) is 10.3 Å². The molecular weight excluding hydrogens is 232 g/mol. The molecule has 1 aromatic rings. The number of fused-ring (bicyclic) bond motifs is 1. The van der Waals surface area contributed by atoms with Gasteiger partial charge in [0.15, 0.2) is 6.61 Å². The Morgan fingerprint density at radius 1 is 1.56 bits per heavy atom. The van der Waals surface area contributed by atoms with Crippen molar-refractivity contribution in [2.75, 3.05) is 18.5 Å². The minimum atomic E-state index is -0.528. The lowest BCUT2D eigenvalue weighted by molar-refractivity contribution is -0.118. The van der Waals surface area contributed by atoms with Gasteiger partial charge in [-0.1, -0.05) is 6.07 Å². The number of nitrogens with one attached hydrogen (secondary N) is 1. The number of aliphatic hydroxyl groups is 1. The molecule has 4 N–H and O–H groups in total. The fraction of sp³-hybridized carbons (Fsp3) is 0.462. The number of hydrogen-bond acceptors (Lipinski definition) is 4. The third-order valence-corrected chi connectivity index (χ3v) is 3.13. The number of carbonyl (C=O) groups excluding carboxylic acids is 1. The summed E-state index contributed by atoms with van der Waals surface area (Å²) in [7, 11) is 0. The van der Waals surface area contributed by atoms with E-state index < -0.39 is 5.54 Å². The van der Waals surface area contributed by atoms with Gasteiger partial charge in [0.2, 0.25) is 0 Å². The Balaban J connectivity index is 2.24. The number of ether oxygens (including phenoxy) is 1. The van der Waals surface area contributed by atoms with Crippen LogP contribution in [0.1, 0.15) is 25.3 Å². The van der Waals surface area contributed by atoms with Crippen molar-refractivity contribution in [2.45, 2.75) is 25.3 Å². The Hall–Kier alpha value is -1.59. The number of amides is 1. The van der Waals surface area contributed by atoms with Crippen LogP contribution < -0.4 is 15.8 Å². The second-order valence-corrected chi connectivity index (χ2v) is 4.79. The normalized spacial score (nSPS) is 17.4. The highest BCUT2D eigenvalue weighted by atomic mass is 16.5. The highest BCUT2D eigenvalue weighted by Gasteiger charge is 2.24. The van der Waals surface area contributed by atoms with Crippen molar-refractivity contribution >= 4 is 11.6 Å². The lowest BCUT2D eigenvalue weighted by Crippen LogP contribution is -2.34. The van der Waals surface area contributed by atoms with E-state index in [1.54, 1.807) is 0 Å². The number of nitrogens with two attached hydrogens (primary N) is 1. The van der Waals surface area contributed by atoms with Gasteiger partial charge < -0.3 is 20.9 Å². The molecule has 18 heavy (non-hydrogen) atoms. The Morgan fingerprint density at radius 3 is 3.06 bits per heavy atom. The number of benzene rings is 1. The van der Waals surface area contributed by atoms with Crippen LogP contribution in [0.25, 0.3) is 0 Å². The first kappa shape index (κ1) is 12.9. The molecule has 5 nitrogen and oxygen atoms in total. The summed E-state index contributed by atoms with van der Waals surface area (Å²) in [4.78, 5) is 11.3. The van der Waals surface area contributed by atoms with Crippen molar-refractivity contribution in [3.63, 3.8) is 0 Å². The van der Waals surface area contributed by atoms with E-state index in [-0.39, 0.29) is 19.1 Å². The average molecular weight is 250 g/mol. The van der Waals surface area contributed by atoms with E-state index in [0.717, 1.165) is 5.56 Å². The highest BCUT2D eigenvalue weighted by molar-refractivity contribution is 5.95. The van der Waals surface area contributed by atoms with Gasteiger partial charge in [-0.25, -0.2) is 0 Å². The van der Waals surface area contributed by atoms with Gasteiger partial charge in [0.25, 0.3) is 5.91 Å². The maximum absolute atomic E-state index is 11.3. The minimum Gasteiger partial charge on any atom is -0.482 e. The first-order chi connectivity index (χ1) is 8.53. The third kappa shape index (κ3) is 2.63. The Kier molecular flexibility index (Phi) is 3.54. The molecule has 0 aliphatic carbocycles. The SMILES string of the molecule is CC(N)(CCCO)c1ccc2c(c1)NC(=O)CO2. The molecule has 5 heteroatoms. The van der Waals surface area contributed by atoms with Gasteiger partial charge in [-0.2, -0.15) is 0 Å². The summed E-state index contributed by atoms with van der Waals surface area (Å²) < 4.78 is 5.29. The van der Waals surface area contributed by atoms with E-state index >= 15 is 0 Å². The number of hydrogen-bond donors (Lipinski definition) is 3. The van der Waals surface area contributed by atoms with E-state index in [1.165, 1.54) is 0 Å². The molecule has 2 rings (SSSR count). The molecule has 1 amide bonds. The summed E-state index contributed by atoms with van der Waals surface area (Å²) in [5.74, 6) is 0.505. The standard InChI is InChI=1S/C13H18N2O3/c1-13(14,5-2-6-16)9-3-4-11-10(7-9)15-12(17)8-18-11/h3-4,7,16H,2,5-6,8,14H2,1H3,(H,15,17). The van der Waals surface area contributed by atoms with Crippen molar-refractivity contribution in [3.8, 4) is 5.75 Å². The molecule has 0 saturated heterocycles. The number of rotatable bonds is 4. The number of anilines is 1. The van der Waals surface area contributed by atoms with Crippen LogP contribution in [0.2, 0.25) is 0 Å². The van der Waals surface area contributed by atoms with Crippen molar-refractivity contribution in [3.05, 3.63) is 23.8 Å². The van der Waals surface area contributed by atoms with Crippen molar-refractivity contribution < 1.29 is 14.6 Å².